The number of hydrogen-bond donors (Lipinski definition) is 2. The quantitative estimate of drug-likeness (QED) is 0.772. The monoisotopic (exact) mass is 329 g/mol. The average Bonchev–Trinajstić information content (AvgIpc) is 2.60. The third-order valence-electron chi connectivity index (χ3n) is 3.34. The van der Waals surface area contributed by atoms with Gasteiger partial charge in [-0.2, -0.15) is 0 Å². The number of hydrogen-bond acceptors (Lipinski definition) is 4. The molecule has 2 rings (SSSR count). The van der Waals surface area contributed by atoms with Gasteiger partial charge in [-0.1, -0.05) is 42.5 Å². The first-order chi connectivity index (χ1) is 11.6. The fourth-order valence-corrected chi connectivity index (χ4v) is 2.17. The summed E-state index contributed by atoms with van der Waals surface area (Å²) in [6, 6.07) is 15.0. The second-order valence-electron chi connectivity index (χ2n) is 5.09. The lowest BCUT2D eigenvalue weighted by atomic mass is 10.1. The van der Waals surface area contributed by atoms with Crippen LogP contribution in [0, 0.1) is 0 Å². The van der Waals surface area contributed by atoms with Crippen molar-refractivity contribution >= 4 is 11.9 Å². The molecule has 0 saturated heterocycles. The van der Waals surface area contributed by atoms with Gasteiger partial charge in [-0.15, -0.1) is 0 Å². The Morgan fingerprint density at radius 1 is 1.04 bits per heavy atom. The molecule has 0 heterocycles. The summed E-state index contributed by atoms with van der Waals surface area (Å²) in [5.74, 6) is -0.678. The number of ether oxygens (including phenoxy) is 2. The van der Waals surface area contributed by atoms with Crippen LogP contribution in [0.5, 0.6) is 11.5 Å². The van der Waals surface area contributed by atoms with Crippen molar-refractivity contribution in [1.29, 1.82) is 0 Å². The predicted octanol–water partition coefficient (Wildman–Crippen LogP) is 1.89. The number of methoxy groups -OCH3 is 1. The molecule has 0 spiro atoms. The smallest absolute Gasteiger partial charge is 0.326 e. The zero-order valence-corrected chi connectivity index (χ0v) is 13.3. The van der Waals surface area contributed by atoms with Gasteiger partial charge in [0.25, 0.3) is 5.91 Å². The first-order valence-electron chi connectivity index (χ1n) is 7.42. The van der Waals surface area contributed by atoms with Crippen molar-refractivity contribution < 1.29 is 24.2 Å². The number of para-hydroxylation sites is 2. The molecule has 0 saturated carbocycles. The van der Waals surface area contributed by atoms with Crippen LogP contribution >= 0.6 is 0 Å². The van der Waals surface area contributed by atoms with Crippen molar-refractivity contribution in [2.75, 3.05) is 13.7 Å². The minimum Gasteiger partial charge on any atom is -0.493 e. The maximum Gasteiger partial charge on any atom is 0.326 e. The highest BCUT2D eigenvalue weighted by Crippen LogP contribution is 2.25. The van der Waals surface area contributed by atoms with Crippen LogP contribution in [0.4, 0.5) is 0 Å². The van der Waals surface area contributed by atoms with Crippen LogP contribution in [0.2, 0.25) is 0 Å². The van der Waals surface area contributed by atoms with Crippen molar-refractivity contribution in [3.8, 4) is 11.5 Å². The molecule has 2 N–H and O–H groups in total. The Morgan fingerprint density at radius 3 is 2.29 bits per heavy atom. The lowest BCUT2D eigenvalue weighted by molar-refractivity contribution is -0.142. The van der Waals surface area contributed by atoms with Gasteiger partial charge in [-0.25, -0.2) is 4.79 Å². The van der Waals surface area contributed by atoms with E-state index in [-0.39, 0.29) is 13.0 Å². The third kappa shape index (κ3) is 5.01. The number of carboxylic acid groups (broad SMARTS) is 1. The average molecular weight is 329 g/mol. The number of benzene rings is 2. The molecule has 1 amide bonds. The number of carbonyl (C=O) groups is 2. The van der Waals surface area contributed by atoms with Crippen LogP contribution in [-0.2, 0) is 16.0 Å². The Morgan fingerprint density at radius 2 is 1.67 bits per heavy atom. The van der Waals surface area contributed by atoms with Crippen LogP contribution in [0.1, 0.15) is 5.56 Å². The Hall–Kier alpha value is -3.02. The molecule has 2 aromatic carbocycles. The third-order valence-corrected chi connectivity index (χ3v) is 3.34. The standard InChI is InChI=1S/C18H19NO5/c1-23-15-9-5-6-10-16(15)24-12-17(20)19-14(18(21)22)11-13-7-3-2-4-8-13/h2-10,14H,11-12H2,1H3,(H,19,20)(H,21,22). The van der Waals surface area contributed by atoms with Gasteiger partial charge in [0.2, 0.25) is 0 Å². The Labute approximate surface area is 140 Å². The fourth-order valence-electron chi connectivity index (χ4n) is 2.17. The maximum atomic E-state index is 12.0. The Kier molecular flexibility index (Phi) is 6.19. The van der Waals surface area contributed by atoms with Crippen molar-refractivity contribution in [3.05, 3.63) is 60.2 Å². The summed E-state index contributed by atoms with van der Waals surface area (Å²) >= 11 is 0. The van der Waals surface area contributed by atoms with Gasteiger partial charge in [-0.05, 0) is 17.7 Å². The Balaban J connectivity index is 1.92. The van der Waals surface area contributed by atoms with Crippen LogP contribution in [0.25, 0.3) is 0 Å². The van der Waals surface area contributed by atoms with Gasteiger partial charge in [-0.3, -0.25) is 4.79 Å². The maximum absolute atomic E-state index is 12.0. The molecule has 0 bridgehead atoms. The van der Waals surface area contributed by atoms with Crippen LogP contribution < -0.4 is 14.8 Å². The van der Waals surface area contributed by atoms with Gasteiger partial charge in [0.05, 0.1) is 7.11 Å². The minimum absolute atomic E-state index is 0.205. The lowest BCUT2D eigenvalue weighted by Crippen LogP contribution is -2.44. The normalized spacial score (nSPS) is 11.4. The highest BCUT2D eigenvalue weighted by Gasteiger charge is 2.20. The molecule has 0 aliphatic carbocycles. The summed E-state index contributed by atoms with van der Waals surface area (Å²) in [7, 11) is 1.50. The minimum atomic E-state index is -1.09. The van der Waals surface area contributed by atoms with E-state index in [1.165, 1.54) is 7.11 Å². The van der Waals surface area contributed by atoms with E-state index in [0.29, 0.717) is 11.5 Å². The summed E-state index contributed by atoms with van der Waals surface area (Å²) < 4.78 is 10.5. The topological polar surface area (TPSA) is 84.9 Å². The van der Waals surface area contributed by atoms with E-state index >= 15 is 0 Å². The first kappa shape index (κ1) is 17.3. The molecule has 24 heavy (non-hydrogen) atoms. The summed E-state index contributed by atoms with van der Waals surface area (Å²) in [6.07, 6.45) is 0.205. The second kappa shape index (κ2) is 8.57. The molecule has 0 aliphatic rings. The molecule has 6 nitrogen and oxygen atoms in total. The van der Waals surface area contributed by atoms with Crippen molar-refractivity contribution in [2.45, 2.75) is 12.5 Å². The number of amides is 1. The zero-order valence-electron chi connectivity index (χ0n) is 13.3. The number of aliphatic carboxylic acids is 1. The highest BCUT2D eigenvalue weighted by molar-refractivity contribution is 5.84. The van der Waals surface area contributed by atoms with Crippen molar-refractivity contribution in [3.63, 3.8) is 0 Å². The van der Waals surface area contributed by atoms with Crippen molar-refractivity contribution in [1.82, 2.24) is 5.32 Å². The fraction of sp³-hybridized carbons (Fsp3) is 0.222. The molecular formula is C18H19NO5. The van der Waals surface area contributed by atoms with E-state index in [2.05, 4.69) is 5.32 Å². The van der Waals surface area contributed by atoms with Crippen LogP contribution in [0.15, 0.2) is 54.6 Å². The highest BCUT2D eigenvalue weighted by atomic mass is 16.5. The van der Waals surface area contributed by atoms with Crippen LogP contribution in [0.3, 0.4) is 0 Å². The molecule has 1 unspecified atom stereocenters. The van der Waals surface area contributed by atoms with E-state index < -0.39 is 17.9 Å². The summed E-state index contributed by atoms with van der Waals surface area (Å²) in [5, 5.41) is 11.7. The molecule has 2 aromatic rings. The SMILES string of the molecule is COc1ccccc1OCC(=O)NC(Cc1ccccc1)C(=O)O. The van der Waals surface area contributed by atoms with Crippen molar-refractivity contribution in [2.24, 2.45) is 0 Å². The van der Waals surface area contributed by atoms with Gasteiger partial charge in [0, 0.05) is 6.42 Å². The molecule has 0 aliphatic heterocycles. The first-order valence-corrected chi connectivity index (χ1v) is 7.42. The Bertz CT molecular complexity index is 687. The van der Waals surface area contributed by atoms with Gasteiger partial charge < -0.3 is 19.9 Å². The second-order valence-corrected chi connectivity index (χ2v) is 5.09. The number of carboxylic acids is 1. The molecule has 1 atom stereocenters. The molecule has 6 heteroatoms. The number of rotatable bonds is 8. The van der Waals surface area contributed by atoms with E-state index in [1.54, 1.807) is 24.3 Å². The van der Waals surface area contributed by atoms with Gasteiger partial charge >= 0.3 is 5.97 Å². The molecule has 0 radical (unpaired) electrons. The summed E-state index contributed by atoms with van der Waals surface area (Å²) in [6.45, 7) is -0.293. The van der Waals surface area contributed by atoms with E-state index in [0.717, 1.165) is 5.56 Å². The zero-order chi connectivity index (χ0) is 17.4. The number of carbonyl (C=O) groups excluding carboxylic acids is 1. The van der Waals surface area contributed by atoms with Crippen LogP contribution in [-0.4, -0.2) is 36.7 Å². The summed E-state index contributed by atoms with van der Waals surface area (Å²) in [4.78, 5) is 23.3. The van der Waals surface area contributed by atoms with Gasteiger partial charge in [0.1, 0.15) is 6.04 Å². The molecule has 0 aromatic heterocycles. The largest absolute Gasteiger partial charge is 0.493 e. The lowest BCUT2D eigenvalue weighted by Gasteiger charge is -2.15. The predicted molar refractivity (Wildman–Crippen MR) is 88.2 cm³/mol. The summed E-state index contributed by atoms with van der Waals surface area (Å²) in [5.41, 5.74) is 0.829. The van der Waals surface area contributed by atoms with E-state index in [4.69, 9.17) is 9.47 Å². The van der Waals surface area contributed by atoms with Gasteiger partial charge in [0.15, 0.2) is 18.1 Å². The molecule has 126 valence electrons. The molecule has 0 fully saturated rings. The van der Waals surface area contributed by atoms with E-state index in [1.807, 2.05) is 30.3 Å². The molecular weight excluding hydrogens is 310 g/mol. The van der Waals surface area contributed by atoms with E-state index in [9.17, 15) is 14.7 Å². The number of nitrogens with one attached hydrogen (secondary N) is 1.